The van der Waals surface area contributed by atoms with Gasteiger partial charge in [0.15, 0.2) is 0 Å². The van der Waals surface area contributed by atoms with E-state index in [2.05, 4.69) is 11.8 Å². The summed E-state index contributed by atoms with van der Waals surface area (Å²) < 4.78 is 0. The van der Waals surface area contributed by atoms with Crippen LogP contribution in [0.2, 0.25) is 0 Å². The summed E-state index contributed by atoms with van der Waals surface area (Å²) in [5.41, 5.74) is 0. The number of nitrogens with zero attached hydrogens (tertiary/aromatic N) is 1. The van der Waals surface area contributed by atoms with Crippen LogP contribution < -0.4 is 0 Å². The second-order valence-electron chi connectivity index (χ2n) is 2.72. The molecule has 1 aliphatic heterocycles. The highest BCUT2D eigenvalue weighted by Gasteiger charge is 2.18. The van der Waals surface area contributed by atoms with Gasteiger partial charge < -0.3 is 0 Å². The van der Waals surface area contributed by atoms with Crippen molar-refractivity contribution in [1.82, 2.24) is 4.90 Å². The van der Waals surface area contributed by atoms with Crippen LogP contribution in [0.4, 0.5) is 0 Å². The highest BCUT2D eigenvalue weighted by molar-refractivity contribution is 6.18. The largest absolute Gasteiger partial charge is 0.299 e. The van der Waals surface area contributed by atoms with Crippen LogP contribution in [0.1, 0.15) is 19.8 Å². The molecule has 1 heterocycles. The Labute approximate surface area is 62.0 Å². The van der Waals surface area contributed by atoms with E-state index in [0.717, 1.165) is 18.5 Å². The van der Waals surface area contributed by atoms with Gasteiger partial charge in [-0.15, -0.1) is 11.6 Å². The Bertz CT molecular complexity index is 85.0. The van der Waals surface area contributed by atoms with E-state index >= 15 is 0 Å². The molecule has 1 nitrogen and oxygen atoms in total. The summed E-state index contributed by atoms with van der Waals surface area (Å²) >= 11 is 5.61. The smallest absolute Gasteiger partial charge is 0.0351 e. The van der Waals surface area contributed by atoms with Gasteiger partial charge in [-0.05, 0) is 26.3 Å². The van der Waals surface area contributed by atoms with E-state index in [4.69, 9.17) is 11.6 Å². The van der Waals surface area contributed by atoms with E-state index in [0.29, 0.717) is 0 Å². The Balaban J connectivity index is 2.22. The van der Waals surface area contributed by atoms with Gasteiger partial charge in [-0.2, -0.15) is 0 Å². The van der Waals surface area contributed by atoms with Gasteiger partial charge in [0, 0.05) is 18.5 Å². The van der Waals surface area contributed by atoms with Gasteiger partial charge in [-0.3, -0.25) is 4.90 Å². The number of alkyl halides is 1. The van der Waals surface area contributed by atoms with Crippen LogP contribution in [-0.4, -0.2) is 29.9 Å². The first-order valence-electron chi connectivity index (χ1n) is 3.64. The lowest BCUT2D eigenvalue weighted by Crippen LogP contribution is -2.28. The molecule has 1 fully saturated rings. The number of halogens is 1. The molecule has 0 aromatic carbocycles. The lowest BCUT2D eigenvalue weighted by atomic mass is 10.2. The Morgan fingerprint density at radius 3 is 2.89 bits per heavy atom. The van der Waals surface area contributed by atoms with Crippen LogP contribution in [0.15, 0.2) is 0 Å². The zero-order valence-electron chi connectivity index (χ0n) is 5.94. The quantitative estimate of drug-likeness (QED) is 0.538. The number of likely N-dealkylation sites (tertiary alicyclic amines) is 1. The second-order valence-corrected chi connectivity index (χ2v) is 3.09. The van der Waals surface area contributed by atoms with E-state index in [1.54, 1.807) is 0 Å². The average Bonchev–Trinajstić information content (AvgIpc) is 2.18. The Hall–Kier alpha value is 0.250. The third-order valence-electron chi connectivity index (χ3n) is 2.06. The molecule has 1 unspecified atom stereocenters. The molecule has 0 aliphatic carbocycles. The number of rotatable bonds is 2. The van der Waals surface area contributed by atoms with Gasteiger partial charge in [0.05, 0.1) is 0 Å². The van der Waals surface area contributed by atoms with Crippen molar-refractivity contribution in [3.63, 3.8) is 0 Å². The van der Waals surface area contributed by atoms with Crippen molar-refractivity contribution in [1.29, 1.82) is 0 Å². The van der Waals surface area contributed by atoms with Gasteiger partial charge in [0.25, 0.3) is 0 Å². The molecule has 0 N–H and O–H groups in total. The molecule has 1 atom stereocenters. The van der Waals surface area contributed by atoms with Crippen LogP contribution in [0.25, 0.3) is 0 Å². The average molecular weight is 148 g/mol. The predicted molar refractivity (Wildman–Crippen MR) is 41.0 cm³/mol. The minimum atomic E-state index is 0.781. The van der Waals surface area contributed by atoms with Crippen molar-refractivity contribution < 1.29 is 0 Å². The van der Waals surface area contributed by atoms with E-state index in [9.17, 15) is 0 Å². The summed E-state index contributed by atoms with van der Waals surface area (Å²) in [5.74, 6) is 0.782. The first-order valence-corrected chi connectivity index (χ1v) is 4.18. The van der Waals surface area contributed by atoms with Crippen LogP contribution in [0.3, 0.4) is 0 Å². The minimum Gasteiger partial charge on any atom is -0.299 e. The summed E-state index contributed by atoms with van der Waals surface area (Å²) in [4.78, 5) is 2.45. The second kappa shape index (κ2) is 3.43. The molecule has 1 aliphatic rings. The standard InChI is InChI=1S/C7H14ClN/c1-7-3-2-5-9(7)6-4-8/h7H,2-6H2,1H3. The molecule has 1 rings (SSSR count). The molecule has 0 saturated carbocycles. The molecule has 0 bridgehead atoms. The molecule has 1 saturated heterocycles. The highest BCUT2D eigenvalue weighted by Crippen LogP contribution is 2.15. The van der Waals surface area contributed by atoms with E-state index in [1.165, 1.54) is 19.4 Å². The summed E-state index contributed by atoms with van der Waals surface area (Å²) in [5, 5.41) is 0. The summed E-state index contributed by atoms with van der Waals surface area (Å²) in [6, 6.07) is 0.781. The zero-order valence-corrected chi connectivity index (χ0v) is 6.69. The Morgan fingerprint density at radius 1 is 1.67 bits per heavy atom. The maximum Gasteiger partial charge on any atom is 0.0351 e. The Kier molecular flexibility index (Phi) is 2.80. The molecule has 0 spiro atoms. The first kappa shape index (κ1) is 7.36. The molecular formula is C7H14ClN. The normalized spacial score (nSPS) is 29.3. The molecule has 54 valence electrons. The molecule has 0 amide bonds. The fourth-order valence-corrected chi connectivity index (χ4v) is 1.65. The number of hydrogen-bond donors (Lipinski definition) is 0. The van der Waals surface area contributed by atoms with Gasteiger partial charge in [-0.1, -0.05) is 0 Å². The minimum absolute atomic E-state index is 0.781. The van der Waals surface area contributed by atoms with E-state index in [1.807, 2.05) is 0 Å². The van der Waals surface area contributed by atoms with Gasteiger partial charge in [-0.25, -0.2) is 0 Å². The van der Waals surface area contributed by atoms with Crippen molar-refractivity contribution in [2.45, 2.75) is 25.8 Å². The molecule has 0 radical (unpaired) electrons. The first-order chi connectivity index (χ1) is 4.34. The van der Waals surface area contributed by atoms with Crippen molar-refractivity contribution in [2.75, 3.05) is 19.0 Å². The van der Waals surface area contributed by atoms with Crippen molar-refractivity contribution >= 4 is 11.6 Å². The highest BCUT2D eigenvalue weighted by atomic mass is 35.5. The van der Waals surface area contributed by atoms with Crippen LogP contribution in [-0.2, 0) is 0 Å². The molecule has 0 aromatic heterocycles. The number of hydrogen-bond acceptors (Lipinski definition) is 1. The summed E-state index contributed by atoms with van der Waals surface area (Å²) in [6.07, 6.45) is 2.72. The maximum atomic E-state index is 5.61. The van der Waals surface area contributed by atoms with Crippen molar-refractivity contribution in [2.24, 2.45) is 0 Å². The lowest BCUT2D eigenvalue weighted by molar-refractivity contribution is 0.285. The lowest BCUT2D eigenvalue weighted by Gasteiger charge is -2.18. The third-order valence-corrected chi connectivity index (χ3v) is 2.23. The summed E-state index contributed by atoms with van der Waals surface area (Å²) in [7, 11) is 0. The monoisotopic (exact) mass is 147 g/mol. The third kappa shape index (κ3) is 1.84. The van der Waals surface area contributed by atoms with E-state index in [-0.39, 0.29) is 0 Å². The zero-order chi connectivity index (χ0) is 6.69. The van der Waals surface area contributed by atoms with Crippen LogP contribution >= 0.6 is 11.6 Å². The molecule has 9 heavy (non-hydrogen) atoms. The van der Waals surface area contributed by atoms with Gasteiger partial charge in [0.1, 0.15) is 0 Å². The van der Waals surface area contributed by atoms with Crippen molar-refractivity contribution in [3.05, 3.63) is 0 Å². The maximum absolute atomic E-state index is 5.61. The van der Waals surface area contributed by atoms with Crippen LogP contribution in [0, 0.1) is 0 Å². The predicted octanol–water partition coefficient (Wildman–Crippen LogP) is 1.71. The fourth-order valence-electron chi connectivity index (χ4n) is 1.43. The SMILES string of the molecule is CC1CCCN1CCCl. The fraction of sp³-hybridized carbons (Fsp3) is 1.00. The van der Waals surface area contributed by atoms with Gasteiger partial charge >= 0.3 is 0 Å². The van der Waals surface area contributed by atoms with Crippen LogP contribution in [0.5, 0.6) is 0 Å². The topological polar surface area (TPSA) is 3.24 Å². The molecule has 0 aromatic rings. The Morgan fingerprint density at radius 2 is 2.44 bits per heavy atom. The van der Waals surface area contributed by atoms with Crippen molar-refractivity contribution in [3.8, 4) is 0 Å². The molecule has 2 heteroatoms. The molecular weight excluding hydrogens is 134 g/mol. The van der Waals surface area contributed by atoms with Gasteiger partial charge in [0.2, 0.25) is 0 Å². The van der Waals surface area contributed by atoms with E-state index < -0.39 is 0 Å². The summed E-state index contributed by atoms with van der Waals surface area (Å²) in [6.45, 7) is 4.61.